The number of ether oxygens (including phenoxy) is 2. The number of benzene rings is 2. The van der Waals surface area contributed by atoms with E-state index in [-0.39, 0.29) is 11.6 Å². The van der Waals surface area contributed by atoms with Gasteiger partial charge in [0.15, 0.2) is 11.5 Å². The van der Waals surface area contributed by atoms with Gasteiger partial charge in [-0.25, -0.2) is 0 Å². The first-order valence-electron chi connectivity index (χ1n) is 8.98. The molecule has 1 N–H and O–H groups in total. The summed E-state index contributed by atoms with van der Waals surface area (Å²) in [5, 5.41) is 12.6. The standard InChI is InChI=1S/C22H23ClN2O3/c1-4-10-28-21-19(23)12-16(13-20(21)27-3)11-18(14-24)22(26)25-15(2)17-8-6-5-7-9-17/h5-9,11-13,15H,4,10H2,1-3H3,(H,25,26)/b18-11+. The maximum Gasteiger partial charge on any atom is 0.262 e. The van der Waals surface area contributed by atoms with Crippen LogP contribution in [-0.4, -0.2) is 19.6 Å². The predicted octanol–water partition coefficient (Wildman–Crippen LogP) is 4.92. The lowest BCUT2D eigenvalue weighted by Gasteiger charge is -2.14. The number of nitrogens with one attached hydrogen (secondary N) is 1. The Balaban J connectivity index is 2.24. The summed E-state index contributed by atoms with van der Waals surface area (Å²) < 4.78 is 11.0. The fourth-order valence-electron chi connectivity index (χ4n) is 2.58. The number of carbonyl (C=O) groups is 1. The van der Waals surface area contributed by atoms with E-state index in [1.807, 2.05) is 50.2 Å². The molecular formula is C22H23ClN2O3. The number of hydrogen-bond donors (Lipinski definition) is 1. The summed E-state index contributed by atoms with van der Waals surface area (Å²) in [7, 11) is 1.51. The van der Waals surface area contributed by atoms with Gasteiger partial charge >= 0.3 is 0 Å². The minimum absolute atomic E-state index is 0.0249. The number of carbonyl (C=O) groups excluding carboxylic acids is 1. The molecule has 0 fully saturated rings. The summed E-state index contributed by atoms with van der Waals surface area (Å²) in [5.74, 6) is 0.437. The summed E-state index contributed by atoms with van der Waals surface area (Å²) in [6.45, 7) is 4.36. The Kier molecular flexibility index (Phi) is 7.91. The molecule has 0 aliphatic heterocycles. The molecule has 1 amide bonds. The molecule has 2 aromatic rings. The zero-order valence-electron chi connectivity index (χ0n) is 16.2. The minimum atomic E-state index is -0.458. The van der Waals surface area contributed by atoms with Crippen LogP contribution in [0.15, 0.2) is 48.0 Å². The fourth-order valence-corrected chi connectivity index (χ4v) is 2.86. The van der Waals surface area contributed by atoms with Crippen molar-refractivity contribution in [1.29, 1.82) is 5.26 Å². The Morgan fingerprint density at radius 3 is 2.64 bits per heavy atom. The van der Waals surface area contributed by atoms with Crippen molar-refractivity contribution in [2.75, 3.05) is 13.7 Å². The van der Waals surface area contributed by atoms with Gasteiger partial charge in [0, 0.05) is 0 Å². The van der Waals surface area contributed by atoms with E-state index >= 15 is 0 Å². The van der Waals surface area contributed by atoms with Crippen LogP contribution in [-0.2, 0) is 4.79 Å². The lowest BCUT2D eigenvalue weighted by molar-refractivity contribution is -0.117. The molecule has 0 heterocycles. The summed E-state index contributed by atoms with van der Waals surface area (Å²) >= 11 is 6.30. The van der Waals surface area contributed by atoms with Crippen molar-refractivity contribution >= 4 is 23.6 Å². The Morgan fingerprint density at radius 2 is 2.04 bits per heavy atom. The highest BCUT2D eigenvalue weighted by Crippen LogP contribution is 2.37. The molecule has 0 bridgehead atoms. The highest BCUT2D eigenvalue weighted by molar-refractivity contribution is 6.32. The van der Waals surface area contributed by atoms with Gasteiger partial charge in [-0.1, -0.05) is 48.9 Å². The van der Waals surface area contributed by atoms with Crippen LogP contribution in [0.4, 0.5) is 0 Å². The molecule has 5 nitrogen and oxygen atoms in total. The second-order valence-electron chi connectivity index (χ2n) is 6.16. The molecule has 2 aromatic carbocycles. The van der Waals surface area contributed by atoms with Crippen molar-refractivity contribution in [3.8, 4) is 17.6 Å². The van der Waals surface area contributed by atoms with Crippen LogP contribution >= 0.6 is 11.6 Å². The van der Waals surface area contributed by atoms with Gasteiger partial charge in [0.25, 0.3) is 5.91 Å². The van der Waals surface area contributed by atoms with E-state index < -0.39 is 5.91 Å². The van der Waals surface area contributed by atoms with Gasteiger partial charge in [-0.15, -0.1) is 0 Å². The van der Waals surface area contributed by atoms with E-state index in [4.69, 9.17) is 21.1 Å². The van der Waals surface area contributed by atoms with Gasteiger partial charge in [0.2, 0.25) is 0 Å². The average Bonchev–Trinajstić information content (AvgIpc) is 2.71. The molecule has 1 atom stereocenters. The van der Waals surface area contributed by atoms with Crippen molar-refractivity contribution in [2.24, 2.45) is 0 Å². The Morgan fingerprint density at radius 1 is 1.32 bits per heavy atom. The van der Waals surface area contributed by atoms with Crippen LogP contribution in [0, 0.1) is 11.3 Å². The number of amides is 1. The van der Waals surface area contributed by atoms with E-state index in [1.165, 1.54) is 13.2 Å². The van der Waals surface area contributed by atoms with Crippen molar-refractivity contribution in [3.05, 3.63) is 64.2 Å². The maximum atomic E-state index is 12.5. The van der Waals surface area contributed by atoms with Crippen LogP contribution in [0.5, 0.6) is 11.5 Å². The first-order chi connectivity index (χ1) is 13.5. The molecule has 0 aliphatic rings. The van der Waals surface area contributed by atoms with Crippen molar-refractivity contribution < 1.29 is 14.3 Å². The number of hydrogen-bond acceptors (Lipinski definition) is 4. The zero-order valence-corrected chi connectivity index (χ0v) is 16.9. The van der Waals surface area contributed by atoms with Gasteiger partial charge in [0.05, 0.1) is 24.8 Å². The molecule has 0 radical (unpaired) electrons. The van der Waals surface area contributed by atoms with E-state index in [0.29, 0.717) is 28.7 Å². The van der Waals surface area contributed by atoms with Crippen molar-refractivity contribution in [1.82, 2.24) is 5.32 Å². The van der Waals surface area contributed by atoms with Crippen LogP contribution in [0.25, 0.3) is 6.08 Å². The first kappa shape index (κ1) is 21.3. The van der Waals surface area contributed by atoms with Gasteiger partial charge in [-0.2, -0.15) is 5.26 Å². The Bertz CT molecular complexity index is 889. The molecule has 6 heteroatoms. The van der Waals surface area contributed by atoms with Crippen molar-refractivity contribution in [2.45, 2.75) is 26.3 Å². The molecule has 0 saturated carbocycles. The fraction of sp³-hybridized carbons (Fsp3) is 0.273. The summed E-state index contributed by atoms with van der Waals surface area (Å²) in [6.07, 6.45) is 2.31. The number of methoxy groups -OCH3 is 1. The molecule has 28 heavy (non-hydrogen) atoms. The summed E-state index contributed by atoms with van der Waals surface area (Å²) in [5.41, 5.74) is 1.50. The van der Waals surface area contributed by atoms with Gasteiger partial charge in [-0.3, -0.25) is 4.79 Å². The summed E-state index contributed by atoms with van der Waals surface area (Å²) in [6, 6.07) is 14.6. The SMILES string of the molecule is CCCOc1c(Cl)cc(/C=C(\C#N)C(=O)NC(C)c2ccccc2)cc1OC. The van der Waals surface area contributed by atoms with Gasteiger partial charge in [0.1, 0.15) is 11.6 Å². The smallest absolute Gasteiger partial charge is 0.262 e. The van der Waals surface area contributed by atoms with Crippen LogP contribution in [0.3, 0.4) is 0 Å². The van der Waals surface area contributed by atoms with E-state index in [1.54, 1.807) is 12.1 Å². The highest BCUT2D eigenvalue weighted by atomic mass is 35.5. The third kappa shape index (κ3) is 5.51. The minimum Gasteiger partial charge on any atom is -0.493 e. The van der Waals surface area contributed by atoms with E-state index in [9.17, 15) is 10.1 Å². The topological polar surface area (TPSA) is 71.3 Å². The van der Waals surface area contributed by atoms with E-state index in [2.05, 4.69) is 5.32 Å². The lowest BCUT2D eigenvalue weighted by atomic mass is 10.1. The summed E-state index contributed by atoms with van der Waals surface area (Å²) in [4.78, 5) is 12.5. The van der Waals surface area contributed by atoms with Gasteiger partial charge < -0.3 is 14.8 Å². The van der Waals surface area contributed by atoms with Crippen LogP contribution < -0.4 is 14.8 Å². The second-order valence-corrected chi connectivity index (χ2v) is 6.57. The molecule has 1 unspecified atom stereocenters. The zero-order chi connectivity index (χ0) is 20.5. The number of nitrogens with zero attached hydrogens (tertiary/aromatic N) is 1. The molecule has 146 valence electrons. The number of nitriles is 1. The second kappa shape index (κ2) is 10.4. The normalized spacial score (nSPS) is 12.0. The monoisotopic (exact) mass is 398 g/mol. The molecule has 0 spiro atoms. The third-order valence-electron chi connectivity index (χ3n) is 4.03. The van der Waals surface area contributed by atoms with Crippen molar-refractivity contribution in [3.63, 3.8) is 0 Å². The first-order valence-corrected chi connectivity index (χ1v) is 9.35. The Hall–Kier alpha value is -2.97. The molecular weight excluding hydrogens is 376 g/mol. The Labute approximate surface area is 170 Å². The molecule has 0 aromatic heterocycles. The molecule has 2 rings (SSSR count). The average molecular weight is 399 g/mol. The quantitative estimate of drug-likeness (QED) is 0.506. The molecule has 0 saturated heterocycles. The predicted molar refractivity (Wildman–Crippen MR) is 110 cm³/mol. The lowest BCUT2D eigenvalue weighted by Crippen LogP contribution is -2.27. The molecule has 0 aliphatic carbocycles. The number of halogens is 1. The highest BCUT2D eigenvalue weighted by Gasteiger charge is 2.16. The largest absolute Gasteiger partial charge is 0.493 e. The number of rotatable bonds is 8. The third-order valence-corrected chi connectivity index (χ3v) is 4.31. The van der Waals surface area contributed by atoms with E-state index in [0.717, 1.165) is 12.0 Å². The van der Waals surface area contributed by atoms with Crippen LogP contribution in [0.2, 0.25) is 5.02 Å². The maximum absolute atomic E-state index is 12.5. The van der Waals surface area contributed by atoms with Crippen LogP contribution in [0.1, 0.15) is 37.4 Å². The van der Waals surface area contributed by atoms with Gasteiger partial charge in [-0.05, 0) is 42.7 Å².